The van der Waals surface area contributed by atoms with Gasteiger partial charge in [0.15, 0.2) is 0 Å². The van der Waals surface area contributed by atoms with Crippen molar-refractivity contribution in [3.8, 4) is 5.75 Å². The average Bonchev–Trinajstić information content (AvgIpc) is 2.27. The molecule has 3 nitrogen and oxygen atoms in total. The molecule has 0 fully saturated rings. The third kappa shape index (κ3) is 3.56. The molecular formula is C13H15ClF2O3. The highest BCUT2D eigenvalue weighted by atomic mass is 35.5. The van der Waals surface area contributed by atoms with Crippen molar-refractivity contribution in [2.75, 3.05) is 7.11 Å². The van der Waals surface area contributed by atoms with Gasteiger partial charge in [0.25, 0.3) is 5.92 Å². The van der Waals surface area contributed by atoms with Crippen LogP contribution >= 0.6 is 11.6 Å². The van der Waals surface area contributed by atoms with Crippen molar-refractivity contribution in [1.29, 1.82) is 0 Å². The molecule has 0 aliphatic rings. The number of alkyl halides is 2. The highest BCUT2D eigenvalue weighted by Crippen LogP contribution is 2.44. The Morgan fingerprint density at radius 1 is 1.42 bits per heavy atom. The molecule has 0 heterocycles. The van der Waals surface area contributed by atoms with Gasteiger partial charge in [0.2, 0.25) is 0 Å². The molecule has 1 N–H and O–H groups in total. The monoisotopic (exact) mass is 292 g/mol. The molecule has 106 valence electrons. The van der Waals surface area contributed by atoms with Gasteiger partial charge in [-0.2, -0.15) is 0 Å². The zero-order valence-electron chi connectivity index (χ0n) is 10.8. The predicted molar refractivity (Wildman–Crippen MR) is 67.9 cm³/mol. The van der Waals surface area contributed by atoms with Gasteiger partial charge in [0.1, 0.15) is 5.75 Å². The third-order valence-electron chi connectivity index (χ3n) is 2.80. The number of aliphatic carboxylic acids is 1. The molecule has 0 saturated heterocycles. The summed E-state index contributed by atoms with van der Waals surface area (Å²) in [6, 6.07) is 3.86. The van der Waals surface area contributed by atoms with Gasteiger partial charge < -0.3 is 9.84 Å². The predicted octanol–water partition coefficient (Wildman–Crippen LogP) is 3.94. The first-order chi connectivity index (χ1) is 8.60. The largest absolute Gasteiger partial charge is 0.496 e. The number of carboxylic acids is 1. The summed E-state index contributed by atoms with van der Waals surface area (Å²) in [5.74, 6) is -4.65. The van der Waals surface area contributed by atoms with E-state index in [1.165, 1.54) is 33.1 Å². The molecule has 19 heavy (non-hydrogen) atoms. The Morgan fingerprint density at radius 3 is 2.47 bits per heavy atom. The highest BCUT2D eigenvalue weighted by molar-refractivity contribution is 6.30. The average molecular weight is 293 g/mol. The molecule has 1 rings (SSSR count). The number of carbonyl (C=O) groups is 1. The van der Waals surface area contributed by atoms with Gasteiger partial charge in [0.05, 0.1) is 18.1 Å². The maximum atomic E-state index is 14.2. The first-order valence-electron chi connectivity index (χ1n) is 5.55. The van der Waals surface area contributed by atoms with Gasteiger partial charge in [-0.25, -0.2) is 8.78 Å². The summed E-state index contributed by atoms with van der Waals surface area (Å²) >= 11 is 5.71. The van der Waals surface area contributed by atoms with E-state index in [9.17, 15) is 13.6 Å². The second-order valence-corrected chi connectivity index (χ2v) is 5.35. The summed E-state index contributed by atoms with van der Waals surface area (Å²) in [4.78, 5) is 11.0. The number of rotatable bonds is 5. The summed E-state index contributed by atoms with van der Waals surface area (Å²) in [6.07, 6.45) is -0.841. The Bertz CT molecular complexity index is 487. The van der Waals surface area contributed by atoms with Crippen LogP contribution in [0.1, 0.15) is 25.8 Å². The molecule has 6 heteroatoms. The number of carboxylic acid groups (broad SMARTS) is 1. The Balaban J connectivity index is 3.19. The van der Waals surface area contributed by atoms with Crippen LogP contribution in [0.2, 0.25) is 5.02 Å². The molecule has 0 aromatic heterocycles. The van der Waals surface area contributed by atoms with E-state index in [2.05, 4.69) is 0 Å². The van der Waals surface area contributed by atoms with Crippen LogP contribution in [0.15, 0.2) is 18.2 Å². The lowest BCUT2D eigenvalue weighted by atomic mass is 9.84. The molecule has 0 aliphatic heterocycles. The molecule has 0 spiro atoms. The van der Waals surface area contributed by atoms with E-state index in [1.54, 1.807) is 0 Å². The number of hydrogen-bond acceptors (Lipinski definition) is 2. The summed E-state index contributed by atoms with van der Waals surface area (Å²) in [7, 11) is 1.27. The van der Waals surface area contributed by atoms with E-state index in [-0.39, 0.29) is 10.8 Å². The summed E-state index contributed by atoms with van der Waals surface area (Å²) < 4.78 is 33.4. The number of methoxy groups -OCH3 is 1. The maximum Gasteiger partial charge on any atom is 0.309 e. The standard InChI is InChI=1S/C13H15ClF2O3/c1-12(2,11(17)18)7-13(15,16)9-6-8(14)4-5-10(9)19-3/h4-6H,7H2,1-3H3,(H,17,18). The third-order valence-corrected chi connectivity index (χ3v) is 3.03. The molecule has 1 aromatic rings. The van der Waals surface area contributed by atoms with Gasteiger partial charge in [-0.3, -0.25) is 4.79 Å². The second-order valence-electron chi connectivity index (χ2n) is 4.91. The van der Waals surface area contributed by atoms with Gasteiger partial charge >= 0.3 is 5.97 Å². The SMILES string of the molecule is COc1ccc(Cl)cc1C(F)(F)CC(C)(C)C(=O)O. The molecule has 0 amide bonds. The van der Waals surface area contributed by atoms with E-state index < -0.39 is 29.3 Å². The lowest BCUT2D eigenvalue weighted by molar-refractivity contribution is -0.153. The Hall–Kier alpha value is -1.36. The number of benzene rings is 1. The minimum Gasteiger partial charge on any atom is -0.496 e. The fraction of sp³-hybridized carbons (Fsp3) is 0.462. The minimum atomic E-state index is -3.35. The minimum absolute atomic E-state index is 0.0180. The molecule has 0 bridgehead atoms. The fourth-order valence-corrected chi connectivity index (χ4v) is 1.86. The first-order valence-corrected chi connectivity index (χ1v) is 5.93. The van der Waals surface area contributed by atoms with Crippen molar-refractivity contribution >= 4 is 17.6 Å². The Labute approximate surface area is 115 Å². The first kappa shape index (κ1) is 15.7. The topological polar surface area (TPSA) is 46.5 Å². The lowest BCUT2D eigenvalue weighted by Crippen LogP contribution is -2.31. The van der Waals surface area contributed by atoms with Gasteiger partial charge in [-0.1, -0.05) is 11.6 Å². The fourth-order valence-electron chi connectivity index (χ4n) is 1.69. The molecule has 0 aliphatic carbocycles. The lowest BCUT2D eigenvalue weighted by Gasteiger charge is -2.27. The zero-order valence-corrected chi connectivity index (χ0v) is 11.6. The van der Waals surface area contributed by atoms with Crippen molar-refractivity contribution < 1.29 is 23.4 Å². The van der Waals surface area contributed by atoms with Crippen LogP contribution in [-0.2, 0) is 10.7 Å². The summed E-state index contributed by atoms with van der Waals surface area (Å²) in [6.45, 7) is 2.50. The van der Waals surface area contributed by atoms with Crippen molar-refractivity contribution in [2.45, 2.75) is 26.2 Å². The Morgan fingerprint density at radius 2 is 2.00 bits per heavy atom. The van der Waals surface area contributed by atoms with E-state index in [4.69, 9.17) is 21.4 Å². The number of ether oxygens (including phenoxy) is 1. The van der Waals surface area contributed by atoms with Crippen LogP contribution in [0.3, 0.4) is 0 Å². The van der Waals surface area contributed by atoms with Gasteiger partial charge in [0, 0.05) is 11.4 Å². The van der Waals surface area contributed by atoms with E-state index in [0.717, 1.165) is 6.07 Å². The van der Waals surface area contributed by atoms with Crippen LogP contribution in [0.5, 0.6) is 5.75 Å². The smallest absolute Gasteiger partial charge is 0.309 e. The molecule has 0 atom stereocenters. The van der Waals surface area contributed by atoms with Crippen LogP contribution in [0.4, 0.5) is 8.78 Å². The van der Waals surface area contributed by atoms with E-state index >= 15 is 0 Å². The molecule has 1 aromatic carbocycles. The van der Waals surface area contributed by atoms with Gasteiger partial charge in [-0.05, 0) is 32.0 Å². The van der Waals surface area contributed by atoms with Crippen LogP contribution in [0.25, 0.3) is 0 Å². The number of halogens is 3. The molecule has 0 radical (unpaired) electrons. The van der Waals surface area contributed by atoms with E-state index in [0.29, 0.717) is 0 Å². The number of hydrogen-bond donors (Lipinski definition) is 1. The molecule has 0 saturated carbocycles. The summed E-state index contributed by atoms with van der Waals surface area (Å²) in [5, 5.41) is 9.08. The molecule has 0 unspecified atom stereocenters. The van der Waals surface area contributed by atoms with Gasteiger partial charge in [-0.15, -0.1) is 0 Å². The van der Waals surface area contributed by atoms with Crippen molar-refractivity contribution in [3.05, 3.63) is 28.8 Å². The normalized spacial score (nSPS) is 12.3. The van der Waals surface area contributed by atoms with Crippen molar-refractivity contribution in [1.82, 2.24) is 0 Å². The second kappa shape index (κ2) is 5.33. The highest BCUT2D eigenvalue weighted by Gasteiger charge is 2.44. The van der Waals surface area contributed by atoms with Crippen LogP contribution < -0.4 is 4.74 Å². The summed E-state index contributed by atoms with van der Waals surface area (Å²) in [5.41, 5.74) is -1.96. The molecular weight excluding hydrogens is 278 g/mol. The quantitative estimate of drug-likeness (QED) is 0.894. The Kier molecular flexibility index (Phi) is 4.40. The van der Waals surface area contributed by atoms with E-state index in [1.807, 2.05) is 0 Å². The van der Waals surface area contributed by atoms with Crippen molar-refractivity contribution in [2.24, 2.45) is 5.41 Å². The maximum absolute atomic E-state index is 14.2. The van der Waals surface area contributed by atoms with Crippen LogP contribution in [0, 0.1) is 5.41 Å². The van der Waals surface area contributed by atoms with Crippen molar-refractivity contribution in [3.63, 3.8) is 0 Å². The zero-order chi connectivity index (χ0) is 14.8. The van der Waals surface area contributed by atoms with Crippen LogP contribution in [-0.4, -0.2) is 18.2 Å².